The van der Waals surface area contributed by atoms with E-state index in [1.54, 1.807) is 6.08 Å². The van der Waals surface area contributed by atoms with E-state index in [0.717, 1.165) is 12.8 Å². The van der Waals surface area contributed by atoms with Crippen LogP contribution in [-0.4, -0.2) is 44.1 Å². The van der Waals surface area contributed by atoms with E-state index in [1.165, 1.54) is 14.2 Å². The maximum absolute atomic E-state index is 12.1. The smallest absolute Gasteiger partial charge is 0.354 e. The van der Waals surface area contributed by atoms with Gasteiger partial charge in [-0.15, -0.1) is 6.58 Å². The SMILES string of the molecule is C=CC/C(C(=O)OC)=C(/C(=O)OC)N(CCC)CCC. The Kier molecular flexibility index (Phi) is 9.17. The summed E-state index contributed by atoms with van der Waals surface area (Å²) >= 11 is 0. The molecule has 5 nitrogen and oxygen atoms in total. The molecule has 0 radical (unpaired) electrons. The Morgan fingerprint density at radius 1 is 1.05 bits per heavy atom. The fourth-order valence-corrected chi connectivity index (χ4v) is 1.96. The molecule has 0 amide bonds. The van der Waals surface area contributed by atoms with Gasteiger partial charge in [0.1, 0.15) is 5.70 Å². The molecule has 0 N–H and O–H groups in total. The second-order valence-electron chi connectivity index (χ2n) is 4.29. The van der Waals surface area contributed by atoms with Crippen LogP contribution in [0.4, 0.5) is 0 Å². The largest absolute Gasteiger partial charge is 0.466 e. The van der Waals surface area contributed by atoms with Crippen LogP contribution < -0.4 is 0 Å². The first-order chi connectivity index (χ1) is 9.56. The molecule has 0 unspecified atom stereocenters. The summed E-state index contributed by atoms with van der Waals surface area (Å²) in [6.45, 7) is 9.01. The number of carbonyl (C=O) groups is 2. The highest BCUT2D eigenvalue weighted by atomic mass is 16.5. The van der Waals surface area contributed by atoms with Crippen molar-refractivity contribution in [2.45, 2.75) is 33.1 Å². The van der Waals surface area contributed by atoms with Gasteiger partial charge >= 0.3 is 11.9 Å². The van der Waals surface area contributed by atoms with Crippen LogP contribution >= 0.6 is 0 Å². The Morgan fingerprint density at radius 3 is 1.90 bits per heavy atom. The normalized spacial score (nSPS) is 11.4. The Balaban J connectivity index is 5.81. The number of allylic oxidation sites excluding steroid dienone is 1. The summed E-state index contributed by atoms with van der Waals surface area (Å²) in [5, 5.41) is 0. The molecular formula is C15H25NO4. The molecule has 0 rings (SSSR count). The number of hydrogen-bond donors (Lipinski definition) is 0. The molecule has 0 aliphatic carbocycles. The molecule has 0 saturated carbocycles. The van der Waals surface area contributed by atoms with Crippen LogP contribution in [-0.2, 0) is 19.1 Å². The van der Waals surface area contributed by atoms with E-state index in [2.05, 4.69) is 6.58 Å². The zero-order valence-electron chi connectivity index (χ0n) is 12.9. The fourth-order valence-electron chi connectivity index (χ4n) is 1.96. The lowest BCUT2D eigenvalue weighted by Gasteiger charge is -2.26. The Labute approximate surface area is 121 Å². The van der Waals surface area contributed by atoms with Crippen LogP contribution in [0.5, 0.6) is 0 Å². The summed E-state index contributed by atoms with van der Waals surface area (Å²) in [4.78, 5) is 25.9. The van der Waals surface area contributed by atoms with Crippen LogP contribution in [0, 0.1) is 0 Å². The monoisotopic (exact) mass is 283 g/mol. The molecule has 0 aromatic rings. The molecule has 0 aliphatic heterocycles. The van der Waals surface area contributed by atoms with Crippen molar-refractivity contribution in [3.05, 3.63) is 23.9 Å². The van der Waals surface area contributed by atoms with E-state index in [0.29, 0.717) is 13.1 Å². The van der Waals surface area contributed by atoms with Gasteiger partial charge in [-0.25, -0.2) is 9.59 Å². The summed E-state index contributed by atoms with van der Waals surface area (Å²) in [5.41, 5.74) is 0.569. The lowest BCUT2D eigenvalue weighted by Crippen LogP contribution is -2.33. The maximum atomic E-state index is 12.1. The van der Waals surface area contributed by atoms with Crippen molar-refractivity contribution in [3.8, 4) is 0 Å². The molecule has 0 heterocycles. The van der Waals surface area contributed by atoms with Gasteiger partial charge in [-0.2, -0.15) is 0 Å². The first kappa shape index (κ1) is 18.2. The molecule has 0 bridgehead atoms. The van der Waals surface area contributed by atoms with Gasteiger partial charge in [0.05, 0.1) is 19.8 Å². The van der Waals surface area contributed by atoms with Crippen molar-refractivity contribution in [1.29, 1.82) is 0 Å². The highest BCUT2D eigenvalue weighted by molar-refractivity contribution is 6.00. The molecule has 0 aromatic carbocycles. The van der Waals surface area contributed by atoms with Gasteiger partial charge in [-0.05, 0) is 19.3 Å². The zero-order chi connectivity index (χ0) is 15.5. The highest BCUT2D eigenvalue weighted by Gasteiger charge is 2.26. The van der Waals surface area contributed by atoms with Gasteiger partial charge in [-0.1, -0.05) is 19.9 Å². The Bertz CT molecular complexity index is 368. The van der Waals surface area contributed by atoms with E-state index < -0.39 is 11.9 Å². The molecule has 5 heteroatoms. The zero-order valence-corrected chi connectivity index (χ0v) is 12.9. The summed E-state index contributed by atoms with van der Waals surface area (Å²) in [5.74, 6) is -1.04. The van der Waals surface area contributed by atoms with Crippen LogP contribution in [0.1, 0.15) is 33.1 Å². The number of nitrogens with zero attached hydrogens (tertiary/aromatic N) is 1. The Morgan fingerprint density at radius 2 is 1.55 bits per heavy atom. The summed E-state index contributed by atoms with van der Waals surface area (Å²) in [6.07, 6.45) is 3.57. The first-order valence-electron chi connectivity index (χ1n) is 6.82. The van der Waals surface area contributed by atoms with Crippen molar-refractivity contribution in [2.75, 3.05) is 27.3 Å². The number of methoxy groups -OCH3 is 2. The van der Waals surface area contributed by atoms with Crippen molar-refractivity contribution in [2.24, 2.45) is 0 Å². The van der Waals surface area contributed by atoms with E-state index in [9.17, 15) is 9.59 Å². The van der Waals surface area contributed by atoms with E-state index in [4.69, 9.17) is 9.47 Å². The van der Waals surface area contributed by atoms with Gasteiger partial charge < -0.3 is 14.4 Å². The van der Waals surface area contributed by atoms with Crippen LogP contribution in [0.3, 0.4) is 0 Å². The summed E-state index contributed by atoms with van der Waals surface area (Å²) < 4.78 is 9.60. The Hall–Kier alpha value is -1.78. The van der Waals surface area contributed by atoms with Gasteiger partial charge in [0, 0.05) is 13.1 Å². The van der Waals surface area contributed by atoms with Crippen LogP contribution in [0.15, 0.2) is 23.9 Å². The van der Waals surface area contributed by atoms with Crippen LogP contribution in [0.2, 0.25) is 0 Å². The van der Waals surface area contributed by atoms with Crippen molar-refractivity contribution in [1.82, 2.24) is 4.90 Å². The molecule has 0 fully saturated rings. The summed E-state index contributed by atoms with van der Waals surface area (Å²) in [7, 11) is 2.60. The third kappa shape index (κ3) is 5.07. The lowest BCUT2D eigenvalue weighted by atomic mass is 10.1. The number of ether oxygens (including phenoxy) is 2. The highest BCUT2D eigenvalue weighted by Crippen LogP contribution is 2.18. The van der Waals surface area contributed by atoms with Crippen molar-refractivity contribution >= 4 is 11.9 Å². The fraction of sp³-hybridized carbons (Fsp3) is 0.600. The van der Waals surface area contributed by atoms with Gasteiger partial charge in [0.2, 0.25) is 0 Å². The van der Waals surface area contributed by atoms with E-state index in [-0.39, 0.29) is 17.7 Å². The molecule has 0 saturated heterocycles. The van der Waals surface area contributed by atoms with Gasteiger partial charge in [0.25, 0.3) is 0 Å². The number of hydrogen-bond acceptors (Lipinski definition) is 5. The topological polar surface area (TPSA) is 55.8 Å². The third-order valence-corrected chi connectivity index (χ3v) is 2.75. The first-order valence-corrected chi connectivity index (χ1v) is 6.82. The number of esters is 2. The molecule has 0 aromatic heterocycles. The van der Waals surface area contributed by atoms with E-state index >= 15 is 0 Å². The maximum Gasteiger partial charge on any atom is 0.354 e. The molecular weight excluding hydrogens is 258 g/mol. The van der Waals surface area contributed by atoms with Crippen molar-refractivity contribution in [3.63, 3.8) is 0 Å². The van der Waals surface area contributed by atoms with Gasteiger partial charge in [0.15, 0.2) is 0 Å². The number of rotatable bonds is 9. The van der Waals surface area contributed by atoms with Crippen LogP contribution in [0.25, 0.3) is 0 Å². The molecule has 0 atom stereocenters. The third-order valence-electron chi connectivity index (χ3n) is 2.75. The minimum absolute atomic E-state index is 0.265. The average molecular weight is 283 g/mol. The van der Waals surface area contributed by atoms with Gasteiger partial charge in [-0.3, -0.25) is 0 Å². The predicted molar refractivity (Wildman–Crippen MR) is 78.0 cm³/mol. The molecule has 0 spiro atoms. The lowest BCUT2D eigenvalue weighted by molar-refractivity contribution is -0.141. The second-order valence-corrected chi connectivity index (χ2v) is 4.29. The molecule has 114 valence electrons. The standard InChI is InChI=1S/C15H25NO4/c1-6-9-12(14(17)19-4)13(15(18)20-5)16(10-7-2)11-8-3/h6H,1,7-11H2,2-5H3/b13-12+. The second kappa shape index (κ2) is 10.1. The quantitative estimate of drug-likeness (QED) is 0.369. The number of carbonyl (C=O) groups excluding carboxylic acids is 2. The molecule has 20 heavy (non-hydrogen) atoms. The van der Waals surface area contributed by atoms with Crippen molar-refractivity contribution < 1.29 is 19.1 Å². The van der Waals surface area contributed by atoms with E-state index in [1.807, 2.05) is 18.7 Å². The minimum Gasteiger partial charge on any atom is -0.466 e. The minimum atomic E-state index is -0.525. The predicted octanol–water partition coefficient (Wildman–Crippen LogP) is 2.28. The average Bonchev–Trinajstić information content (AvgIpc) is 2.45. The summed E-state index contributed by atoms with van der Waals surface area (Å²) in [6, 6.07) is 0. The molecule has 0 aliphatic rings.